The molecule has 108 valence electrons. The lowest BCUT2D eigenvalue weighted by molar-refractivity contribution is -0.122. The molecule has 5 heteroatoms. The second-order valence-electron chi connectivity index (χ2n) is 5.56. The molecule has 5 nitrogen and oxygen atoms in total. The molecule has 1 rings (SSSR count). The summed E-state index contributed by atoms with van der Waals surface area (Å²) in [7, 11) is 0. The first-order valence-electron chi connectivity index (χ1n) is 7.21. The highest BCUT2D eigenvalue weighted by atomic mass is 16.2. The summed E-state index contributed by atoms with van der Waals surface area (Å²) in [5, 5.41) is 14.7. The molecule has 2 N–H and O–H groups in total. The highest BCUT2D eigenvalue weighted by Gasteiger charge is 2.21. The summed E-state index contributed by atoms with van der Waals surface area (Å²) in [5.74, 6) is 0.677. The Kier molecular flexibility index (Phi) is 7.46. The highest BCUT2D eigenvalue weighted by molar-refractivity contribution is 5.78. The predicted molar refractivity (Wildman–Crippen MR) is 75.5 cm³/mol. The summed E-state index contributed by atoms with van der Waals surface area (Å²) < 4.78 is 0. The van der Waals surface area contributed by atoms with Gasteiger partial charge in [0.15, 0.2) is 0 Å². The van der Waals surface area contributed by atoms with Crippen molar-refractivity contribution < 1.29 is 4.79 Å². The van der Waals surface area contributed by atoms with Crippen molar-refractivity contribution in [3.63, 3.8) is 0 Å². The number of nitriles is 1. The van der Waals surface area contributed by atoms with Crippen molar-refractivity contribution in [2.24, 2.45) is 5.92 Å². The molecule has 1 aliphatic rings. The standard InChI is InChI=1S/C14H26N4O/c1-12(2)17-9-13-5-3-8-18(10-13)11-14(19)16-7-4-6-15/h12-13,17H,3-5,7-11H2,1-2H3,(H,16,19). The Bertz CT molecular complexity index is 311. The molecule has 0 aromatic carbocycles. The van der Waals surface area contributed by atoms with Crippen LogP contribution in [0, 0.1) is 17.2 Å². The fourth-order valence-electron chi connectivity index (χ4n) is 2.38. The van der Waals surface area contributed by atoms with Crippen molar-refractivity contribution in [3.05, 3.63) is 0 Å². The zero-order chi connectivity index (χ0) is 14.1. The molecule has 0 spiro atoms. The predicted octanol–water partition coefficient (Wildman–Crippen LogP) is 0.726. The van der Waals surface area contributed by atoms with E-state index in [2.05, 4.69) is 29.4 Å². The number of nitrogens with zero attached hydrogens (tertiary/aromatic N) is 2. The number of hydrogen-bond donors (Lipinski definition) is 2. The van der Waals surface area contributed by atoms with Crippen LogP contribution in [0.25, 0.3) is 0 Å². The molecule has 1 amide bonds. The number of likely N-dealkylation sites (tertiary alicyclic amines) is 1. The third-order valence-electron chi connectivity index (χ3n) is 3.34. The second-order valence-corrected chi connectivity index (χ2v) is 5.56. The summed E-state index contributed by atoms with van der Waals surface area (Å²) in [5.41, 5.74) is 0. The molecule has 1 aliphatic heterocycles. The summed E-state index contributed by atoms with van der Waals surface area (Å²) in [6, 6.07) is 2.54. The zero-order valence-electron chi connectivity index (χ0n) is 12.1. The second kappa shape index (κ2) is 8.89. The number of piperidine rings is 1. The average Bonchev–Trinajstić information content (AvgIpc) is 2.37. The lowest BCUT2D eigenvalue weighted by Crippen LogP contribution is -2.45. The van der Waals surface area contributed by atoms with Crippen LogP contribution in [-0.2, 0) is 4.79 Å². The summed E-state index contributed by atoms with van der Waals surface area (Å²) in [4.78, 5) is 13.9. The molecule has 0 bridgehead atoms. The Labute approximate surface area is 116 Å². The van der Waals surface area contributed by atoms with Gasteiger partial charge in [-0.3, -0.25) is 9.69 Å². The molecule has 0 saturated carbocycles. The number of nitrogens with one attached hydrogen (secondary N) is 2. The molecule has 1 fully saturated rings. The van der Waals surface area contributed by atoms with Crippen LogP contribution in [0.1, 0.15) is 33.1 Å². The zero-order valence-corrected chi connectivity index (χ0v) is 12.1. The van der Waals surface area contributed by atoms with E-state index in [-0.39, 0.29) is 5.91 Å². The Balaban J connectivity index is 2.22. The molecule has 1 heterocycles. The van der Waals surface area contributed by atoms with Crippen molar-refractivity contribution in [2.75, 3.05) is 32.7 Å². The Morgan fingerprint density at radius 2 is 2.32 bits per heavy atom. The van der Waals surface area contributed by atoms with E-state index in [1.54, 1.807) is 0 Å². The molecule has 1 atom stereocenters. The Morgan fingerprint density at radius 1 is 1.53 bits per heavy atom. The minimum atomic E-state index is 0.0349. The van der Waals surface area contributed by atoms with Gasteiger partial charge in [0.1, 0.15) is 0 Å². The number of carbonyl (C=O) groups is 1. The van der Waals surface area contributed by atoms with Gasteiger partial charge in [-0.05, 0) is 31.8 Å². The Morgan fingerprint density at radius 3 is 3.00 bits per heavy atom. The maximum atomic E-state index is 11.7. The number of carbonyl (C=O) groups excluding carboxylic acids is 1. The van der Waals surface area contributed by atoms with Crippen molar-refractivity contribution in [3.8, 4) is 6.07 Å². The quantitative estimate of drug-likeness (QED) is 0.667. The van der Waals surface area contributed by atoms with E-state index in [1.165, 1.54) is 6.42 Å². The van der Waals surface area contributed by atoms with Crippen molar-refractivity contribution in [1.82, 2.24) is 15.5 Å². The van der Waals surface area contributed by atoms with Gasteiger partial charge in [-0.1, -0.05) is 13.8 Å². The highest BCUT2D eigenvalue weighted by Crippen LogP contribution is 2.15. The van der Waals surface area contributed by atoms with Gasteiger partial charge in [-0.2, -0.15) is 5.26 Å². The first-order chi connectivity index (χ1) is 9.11. The fourth-order valence-corrected chi connectivity index (χ4v) is 2.38. The summed E-state index contributed by atoms with van der Waals surface area (Å²) in [6.45, 7) is 8.26. The fraction of sp³-hybridized carbons (Fsp3) is 0.857. The van der Waals surface area contributed by atoms with Crippen LogP contribution in [0.5, 0.6) is 0 Å². The maximum Gasteiger partial charge on any atom is 0.234 e. The van der Waals surface area contributed by atoms with Crippen LogP contribution in [0.2, 0.25) is 0 Å². The van der Waals surface area contributed by atoms with Crippen molar-refractivity contribution >= 4 is 5.91 Å². The van der Waals surface area contributed by atoms with Gasteiger partial charge >= 0.3 is 0 Å². The van der Waals surface area contributed by atoms with E-state index in [9.17, 15) is 4.79 Å². The maximum absolute atomic E-state index is 11.7. The average molecular weight is 266 g/mol. The van der Waals surface area contributed by atoms with E-state index in [4.69, 9.17) is 5.26 Å². The molecule has 0 aromatic rings. The van der Waals surface area contributed by atoms with Crippen LogP contribution in [0.4, 0.5) is 0 Å². The number of amides is 1. The minimum Gasteiger partial charge on any atom is -0.354 e. The number of rotatable bonds is 7. The van der Waals surface area contributed by atoms with Gasteiger partial charge in [-0.15, -0.1) is 0 Å². The first kappa shape index (κ1) is 15.9. The molecule has 0 aromatic heterocycles. The summed E-state index contributed by atoms with van der Waals surface area (Å²) in [6.07, 6.45) is 2.79. The van der Waals surface area contributed by atoms with E-state index >= 15 is 0 Å². The third-order valence-corrected chi connectivity index (χ3v) is 3.34. The van der Waals surface area contributed by atoms with Crippen molar-refractivity contribution in [1.29, 1.82) is 5.26 Å². The minimum absolute atomic E-state index is 0.0349. The topological polar surface area (TPSA) is 68.2 Å². The molecular formula is C14H26N4O. The van der Waals surface area contributed by atoms with E-state index < -0.39 is 0 Å². The van der Waals surface area contributed by atoms with Crippen LogP contribution >= 0.6 is 0 Å². The molecule has 1 saturated heterocycles. The van der Waals surface area contributed by atoms with E-state index in [1.807, 2.05) is 6.07 Å². The van der Waals surface area contributed by atoms with E-state index in [0.29, 0.717) is 31.5 Å². The van der Waals surface area contributed by atoms with Crippen molar-refractivity contribution in [2.45, 2.75) is 39.2 Å². The normalized spacial score (nSPS) is 20.2. The Hall–Kier alpha value is -1.12. The van der Waals surface area contributed by atoms with Gasteiger partial charge in [0.2, 0.25) is 5.91 Å². The first-order valence-corrected chi connectivity index (χ1v) is 7.21. The number of hydrogen-bond acceptors (Lipinski definition) is 4. The smallest absolute Gasteiger partial charge is 0.234 e. The lowest BCUT2D eigenvalue weighted by atomic mass is 9.98. The molecule has 0 radical (unpaired) electrons. The molecule has 0 aliphatic carbocycles. The molecule has 19 heavy (non-hydrogen) atoms. The van der Waals surface area contributed by atoms with E-state index in [0.717, 1.165) is 26.1 Å². The third kappa shape index (κ3) is 7.14. The molecular weight excluding hydrogens is 240 g/mol. The SMILES string of the molecule is CC(C)NCC1CCCN(CC(=O)NCCC#N)C1. The van der Waals surface area contributed by atoms with Gasteiger partial charge in [0, 0.05) is 19.1 Å². The molecule has 1 unspecified atom stereocenters. The van der Waals surface area contributed by atoms with Gasteiger partial charge < -0.3 is 10.6 Å². The monoisotopic (exact) mass is 266 g/mol. The van der Waals surface area contributed by atoms with Crippen LogP contribution < -0.4 is 10.6 Å². The van der Waals surface area contributed by atoms with Crippen LogP contribution in [0.15, 0.2) is 0 Å². The lowest BCUT2D eigenvalue weighted by Gasteiger charge is -2.32. The largest absolute Gasteiger partial charge is 0.354 e. The van der Waals surface area contributed by atoms with Crippen LogP contribution in [-0.4, -0.2) is 49.6 Å². The van der Waals surface area contributed by atoms with Gasteiger partial charge in [0.25, 0.3) is 0 Å². The van der Waals surface area contributed by atoms with Gasteiger partial charge in [-0.25, -0.2) is 0 Å². The van der Waals surface area contributed by atoms with Gasteiger partial charge in [0.05, 0.1) is 19.0 Å². The van der Waals surface area contributed by atoms with Crippen LogP contribution in [0.3, 0.4) is 0 Å². The summed E-state index contributed by atoms with van der Waals surface area (Å²) >= 11 is 0.